The predicted molar refractivity (Wildman–Crippen MR) is 95.7 cm³/mol. The third-order valence-electron chi connectivity index (χ3n) is 3.32. The zero-order chi connectivity index (χ0) is 17.5. The Morgan fingerprint density at radius 2 is 1.92 bits per heavy atom. The highest BCUT2D eigenvalue weighted by Gasteiger charge is 2.09. The highest BCUT2D eigenvalue weighted by atomic mass is 16.5. The number of nitrogens with one attached hydrogen (secondary N) is 2. The average molecular weight is 331 g/mol. The van der Waals surface area contributed by atoms with Crippen LogP contribution in [-0.4, -0.2) is 48.0 Å². The fourth-order valence-corrected chi connectivity index (χ4v) is 2.08. The summed E-state index contributed by atoms with van der Waals surface area (Å²) in [6.45, 7) is 5.49. The Balaban J connectivity index is 1.86. The number of hydrogen-bond acceptors (Lipinski definition) is 4. The SMILES string of the molecule is CC(C)n1nccc1NC(=O)Nc1ccc(OCCN(C)C)cc1. The number of amides is 2. The van der Waals surface area contributed by atoms with Gasteiger partial charge in [0, 0.05) is 24.3 Å². The van der Waals surface area contributed by atoms with Crippen molar-refractivity contribution in [3.05, 3.63) is 36.5 Å². The lowest BCUT2D eigenvalue weighted by Gasteiger charge is -2.13. The number of ether oxygens (including phenoxy) is 1. The van der Waals surface area contributed by atoms with Crippen LogP contribution in [0.3, 0.4) is 0 Å². The Kier molecular flexibility index (Phi) is 6.20. The van der Waals surface area contributed by atoms with Crippen LogP contribution in [0.2, 0.25) is 0 Å². The average Bonchev–Trinajstić information content (AvgIpc) is 2.97. The molecule has 1 aromatic carbocycles. The normalized spacial score (nSPS) is 10.9. The Bertz CT molecular complexity index is 649. The molecular weight excluding hydrogens is 306 g/mol. The van der Waals surface area contributed by atoms with Crippen LogP contribution in [0.15, 0.2) is 36.5 Å². The van der Waals surface area contributed by atoms with E-state index in [0.29, 0.717) is 18.1 Å². The van der Waals surface area contributed by atoms with E-state index in [1.807, 2.05) is 52.2 Å². The molecule has 0 spiro atoms. The summed E-state index contributed by atoms with van der Waals surface area (Å²) in [6.07, 6.45) is 1.66. The van der Waals surface area contributed by atoms with Crippen molar-refractivity contribution in [2.75, 3.05) is 37.9 Å². The van der Waals surface area contributed by atoms with E-state index in [0.717, 1.165) is 12.3 Å². The quantitative estimate of drug-likeness (QED) is 0.818. The van der Waals surface area contributed by atoms with E-state index >= 15 is 0 Å². The van der Waals surface area contributed by atoms with Gasteiger partial charge in [0.2, 0.25) is 0 Å². The molecule has 0 aliphatic carbocycles. The van der Waals surface area contributed by atoms with Gasteiger partial charge in [-0.3, -0.25) is 5.32 Å². The topological polar surface area (TPSA) is 71.4 Å². The molecule has 24 heavy (non-hydrogen) atoms. The zero-order valence-corrected chi connectivity index (χ0v) is 14.6. The number of hydrogen-bond donors (Lipinski definition) is 2. The van der Waals surface area contributed by atoms with Crippen LogP contribution >= 0.6 is 0 Å². The van der Waals surface area contributed by atoms with Crippen LogP contribution in [0, 0.1) is 0 Å². The standard InChI is InChI=1S/C17H25N5O2/c1-13(2)22-16(9-10-18-22)20-17(23)19-14-5-7-15(8-6-14)24-12-11-21(3)4/h5-10,13H,11-12H2,1-4H3,(H2,19,20,23). The van der Waals surface area contributed by atoms with E-state index in [1.54, 1.807) is 16.9 Å². The summed E-state index contributed by atoms with van der Waals surface area (Å²) in [5.74, 6) is 1.44. The van der Waals surface area contributed by atoms with Gasteiger partial charge in [0.25, 0.3) is 0 Å². The Morgan fingerprint density at radius 1 is 1.21 bits per heavy atom. The summed E-state index contributed by atoms with van der Waals surface area (Å²) < 4.78 is 7.37. The smallest absolute Gasteiger partial charge is 0.324 e. The van der Waals surface area contributed by atoms with Gasteiger partial charge in [0.15, 0.2) is 0 Å². The molecule has 2 aromatic rings. The zero-order valence-electron chi connectivity index (χ0n) is 14.6. The van der Waals surface area contributed by atoms with Gasteiger partial charge in [-0.2, -0.15) is 5.10 Å². The molecule has 0 atom stereocenters. The molecular formula is C17H25N5O2. The summed E-state index contributed by atoms with van der Waals surface area (Å²) in [5, 5.41) is 9.77. The van der Waals surface area contributed by atoms with Crippen molar-refractivity contribution >= 4 is 17.5 Å². The van der Waals surface area contributed by atoms with Crippen LogP contribution in [0.1, 0.15) is 19.9 Å². The molecule has 0 fully saturated rings. The molecule has 1 heterocycles. The van der Waals surface area contributed by atoms with Crippen LogP contribution in [-0.2, 0) is 0 Å². The predicted octanol–water partition coefficient (Wildman–Crippen LogP) is 3.05. The summed E-state index contributed by atoms with van der Waals surface area (Å²) in [6, 6.07) is 8.93. The van der Waals surface area contributed by atoms with E-state index in [-0.39, 0.29) is 12.1 Å². The molecule has 2 N–H and O–H groups in total. The fraction of sp³-hybridized carbons (Fsp3) is 0.412. The lowest BCUT2D eigenvalue weighted by molar-refractivity contribution is 0.260. The maximum Gasteiger partial charge on any atom is 0.324 e. The van der Waals surface area contributed by atoms with Crippen LogP contribution < -0.4 is 15.4 Å². The van der Waals surface area contributed by atoms with E-state index < -0.39 is 0 Å². The molecule has 0 radical (unpaired) electrons. The van der Waals surface area contributed by atoms with E-state index in [1.165, 1.54) is 0 Å². The van der Waals surface area contributed by atoms with Crippen molar-refractivity contribution in [1.82, 2.24) is 14.7 Å². The summed E-state index contributed by atoms with van der Waals surface area (Å²) >= 11 is 0. The Morgan fingerprint density at radius 3 is 2.54 bits per heavy atom. The van der Waals surface area contributed by atoms with Crippen molar-refractivity contribution in [2.45, 2.75) is 19.9 Å². The second kappa shape index (κ2) is 8.35. The van der Waals surface area contributed by atoms with Gasteiger partial charge >= 0.3 is 6.03 Å². The Hall–Kier alpha value is -2.54. The van der Waals surface area contributed by atoms with Crippen molar-refractivity contribution in [2.24, 2.45) is 0 Å². The first-order valence-electron chi connectivity index (χ1n) is 7.95. The number of anilines is 2. The van der Waals surface area contributed by atoms with Gasteiger partial charge in [0.05, 0.1) is 6.20 Å². The molecule has 0 bridgehead atoms. The number of likely N-dealkylation sites (N-methyl/N-ethyl adjacent to an activating group) is 1. The molecule has 0 aliphatic heterocycles. The first-order valence-corrected chi connectivity index (χ1v) is 7.95. The van der Waals surface area contributed by atoms with E-state index in [9.17, 15) is 4.79 Å². The first kappa shape index (κ1) is 17.8. The molecule has 130 valence electrons. The monoisotopic (exact) mass is 331 g/mol. The van der Waals surface area contributed by atoms with Crippen LogP contribution in [0.25, 0.3) is 0 Å². The molecule has 7 heteroatoms. The minimum absolute atomic E-state index is 0.175. The second-order valence-electron chi connectivity index (χ2n) is 6.01. The lowest BCUT2D eigenvalue weighted by Crippen LogP contribution is -2.22. The number of nitrogens with zero attached hydrogens (tertiary/aromatic N) is 3. The summed E-state index contributed by atoms with van der Waals surface area (Å²) in [4.78, 5) is 14.1. The second-order valence-corrected chi connectivity index (χ2v) is 6.01. The van der Waals surface area contributed by atoms with Gasteiger partial charge in [-0.15, -0.1) is 0 Å². The number of benzene rings is 1. The van der Waals surface area contributed by atoms with Crippen molar-refractivity contribution in [1.29, 1.82) is 0 Å². The van der Waals surface area contributed by atoms with Crippen molar-refractivity contribution < 1.29 is 9.53 Å². The molecule has 0 saturated carbocycles. The lowest BCUT2D eigenvalue weighted by atomic mass is 10.3. The van der Waals surface area contributed by atoms with Gasteiger partial charge < -0.3 is 15.0 Å². The molecule has 7 nitrogen and oxygen atoms in total. The molecule has 1 aromatic heterocycles. The first-order chi connectivity index (χ1) is 11.5. The summed E-state index contributed by atoms with van der Waals surface area (Å²) in [7, 11) is 4.00. The number of aromatic nitrogens is 2. The van der Waals surface area contributed by atoms with Crippen molar-refractivity contribution in [3.8, 4) is 5.75 Å². The highest BCUT2D eigenvalue weighted by Crippen LogP contribution is 2.17. The molecule has 2 rings (SSSR count). The maximum atomic E-state index is 12.1. The molecule has 0 unspecified atom stereocenters. The Labute approximate surface area is 142 Å². The molecule has 0 aliphatic rings. The number of carbonyl (C=O) groups excluding carboxylic acids is 1. The van der Waals surface area contributed by atoms with Crippen LogP contribution in [0.4, 0.5) is 16.3 Å². The molecule has 2 amide bonds. The van der Waals surface area contributed by atoms with Crippen molar-refractivity contribution in [3.63, 3.8) is 0 Å². The van der Waals surface area contributed by atoms with Gasteiger partial charge in [-0.05, 0) is 52.2 Å². The minimum Gasteiger partial charge on any atom is -0.492 e. The number of urea groups is 1. The van der Waals surface area contributed by atoms with E-state index in [2.05, 4.69) is 20.6 Å². The van der Waals surface area contributed by atoms with Gasteiger partial charge in [-0.1, -0.05) is 0 Å². The third-order valence-corrected chi connectivity index (χ3v) is 3.32. The highest BCUT2D eigenvalue weighted by molar-refractivity contribution is 5.99. The van der Waals surface area contributed by atoms with Gasteiger partial charge in [-0.25, -0.2) is 9.48 Å². The minimum atomic E-state index is -0.307. The largest absolute Gasteiger partial charge is 0.492 e. The molecule has 0 saturated heterocycles. The number of carbonyl (C=O) groups is 1. The van der Waals surface area contributed by atoms with Gasteiger partial charge in [0.1, 0.15) is 18.2 Å². The third kappa shape index (κ3) is 5.27. The number of rotatable bonds is 7. The van der Waals surface area contributed by atoms with Crippen LogP contribution in [0.5, 0.6) is 5.75 Å². The fourth-order valence-electron chi connectivity index (χ4n) is 2.08. The maximum absolute atomic E-state index is 12.1. The van der Waals surface area contributed by atoms with E-state index in [4.69, 9.17) is 4.74 Å². The summed E-state index contributed by atoms with van der Waals surface area (Å²) in [5.41, 5.74) is 0.697.